The van der Waals surface area contributed by atoms with Crippen molar-refractivity contribution in [2.24, 2.45) is 17.8 Å². The van der Waals surface area contributed by atoms with Crippen LogP contribution < -0.4 is 10.4 Å². The van der Waals surface area contributed by atoms with Crippen molar-refractivity contribution in [1.82, 2.24) is 10.3 Å². The molecule has 0 atom stereocenters. The maximum absolute atomic E-state index is 11.8. The summed E-state index contributed by atoms with van der Waals surface area (Å²) >= 11 is 1.19. The molecule has 4 saturated carbocycles. The molecule has 4 aliphatic rings. The van der Waals surface area contributed by atoms with Gasteiger partial charge in [0.15, 0.2) is 0 Å². The minimum Gasteiger partial charge on any atom is -0.548 e. The molecule has 0 saturated heterocycles. The first-order valence-corrected chi connectivity index (χ1v) is 10.5. The molecular weight excluding hydrogens is 362 g/mol. The highest BCUT2D eigenvalue weighted by atomic mass is 32.2. The van der Waals surface area contributed by atoms with E-state index in [2.05, 4.69) is 11.4 Å². The Kier molecular flexibility index (Phi) is 4.85. The van der Waals surface area contributed by atoms with Gasteiger partial charge in [-0.25, -0.2) is 4.98 Å². The summed E-state index contributed by atoms with van der Waals surface area (Å²) in [5.74, 6) is 0.711. The van der Waals surface area contributed by atoms with Crippen LogP contribution in [0, 0.1) is 29.1 Å². The SMILES string of the molecule is N#Cc1ccc(C23CC4CC(CC(C4)C2)C3)nc1SCC(=O)NCC(=O)[O-]. The van der Waals surface area contributed by atoms with Gasteiger partial charge in [0.25, 0.3) is 0 Å². The standard InChI is InChI=1S/C20H23N3O3S/c21-9-15-1-2-16(23-19(15)27-11-17(24)22-10-18(25)26)20-6-12-3-13(7-20)5-14(4-12)8-20/h1-2,12-14H,3-8,10-11H2,(H,22,24)(H,25,26)/p-1. The number of aliphatic carboxylic acids is 1. The zero-order chi connectivity index (χ0) is 19.0. The summed E-state index contributed by atoms with van der Waals surface area (Å²) in [4.78, 5) is 27.1. The lowest BCUT2D eigenvalue weighted by molar-refractivity contribution is -0.303. The van der Waals surface area contributed by atoms with Gasteiger partial charge in [-0.3, -0.25) is 4.79 Å². The number of hydrogen-bond donors (Lipinski definition) is 1. The Morgan fingerprint density at radius 3 is 2.41 bits per heavy atom. The van der Waals surface area contributed by atoms with E-state index in [9.17, 15) is 20.0 Å². The van der Waals surface area contributed by atoms with Crippen molar-refractivity contribution in [3.63, 3.8) is 0 Å². The molecule has 0 spiro atoms. The smallest absolute Gasteiger partial charge is 0.230 e. The molecule has 4 aliphatic carbocycles. The number of thioether (sulfide) groups is 1. The second-order valence-electron chi connectivity index (χ2n) is 8.30. The van der Waals surface area contributed by atoms with E-state index >= 15 is 0 Å². The van der Waals surface area contributed by atoms with Gasteiger partial charge >= 0.3 is 0 Å². The van der Waals surface area contributed by atoms with Gasteiger partial charge in [-0.2, -0.15) is 5.26 Å². The lowest BCUT2D eigenvalue weighted by Crippen LogP contribution is -2.49. The molecule has 4 bridgehead atoms. The van der Waals surface area contributed by atoms with Gasteiger partial charge in [0, 0.05) is 11.1 Å². The van der Waals surface area contributed by atoms with Gasteiger partial charge < -0.3 is 15.2 Å². The maximum atomic E-state index is 11.8. The number of nitrogens with one attached hydrogen (secondary N) is 1. The van der Waals surface area contributed by atoms with Crippen LogP contribution in [0.1, 0.15) is 49.8 Å². The molecule has 7 heteroatoms. The molecule has 0 unspecified atom stereocenters. The molecule has 0 aromatic carbocycles. The van der Waals surface area contributed by atoms with Crippen LogP contribution in [-0.2, 0) is 15.0 Å². The summed E-state index contributed by atoms with van der Waals surface area (Å²) in [5.41, 5.74) is 1.66. The van der Waals surface area contributed by atoms with Gasteiger partial charge in [0.1, 0.15) is 11.1 Å². The maximum Gasteiger partial charge on any atom is 0.230 e. The Morgan fingerprint density at radius 2 is 1.85 bits per heavy atom. The molecular formula is C20H22N3O3S-. The first-order valence-electron chi connectivity index (χ1n) is 9.48. The topological polar surface area (TPSA) is 106 Å². The Hall–Kier alpha value is -2.07. The highest BCUT2D eigenvalue weighted by molar-refractivity contribution is 8.00. The fourth-order valence-electron chi connectivity index (χ4n) is 5.71. The average molecular weight is 384 g/mol. The minimum absolute atomic E-state index is 0.0271. The van der Waals surface area contributed by atoms with Crippen molar-refractivity contribution >= 4 is 23.6 Å². The molecule has 142 valence electrons. The van der Waals surface area contributed by atoms with Gasteiger partial charge in [-0.15, -0.1) is 0 Å². The summed E-state index contributed by atoms with van der Waals surface area (Å²) < 4.78 is 0. The van der Waals surface area contributed by atoms with Gasteiger partial charge in [0.05, 0.1) is 23.8 Å². The normalized spacial score (nSPS) is 30.7. The lowest BCUT2D eigenvalue weighted by Gasteiger charge is -2.56. The lowest BCUT2D eigenvalue weighted by atomic mass is 9.49. The minimum atomic E-state index is -1.33. The molecule has 1 amide bonds. The molecule has 5 rings (SSSR count). The van der Waals surface area contributed by atoms with Crippen molar-refractivity contribution in [2.75, 3.05) is 12.3 Å². The predicted octanol–water partition coefficient (Wildman–Crippen LogP) is 1.38. The molecule has 27 heavy (non-hydrogen) atoms. The van der Waals surface area contributed by atoms with E-state index in [0.29, 0.717) is 10.6 Å². The molecule has 1 aromatic rings. The first-order chi connectivity index (χ1) is 13.0. The zero-order valence-electron chi connectivity index (χ0n) is 15.1. The fourth-order valence-corrected chi connectivity index (χ4v) is 6.51. The highest BCUT2D eigenvalue weighted by Gasteiger charge is 2.52. The van der Waals surface area contributed by atoms with Gasteiger partial charge in [-0.1, -0.05) is 11.8 Å². The second-order valence-corrected chi connectivity index (χ2v) is 9.26. The van der Waals surface area contributed by atoms with Crippen molar-refractivity contribution in [2.45, 2.75) is 49.0 Å². The average Bonchev–Trinajstić information content (AvgIpc) is 2.63. The van der Waals surface area contributed by atoms with Crippen LogP contribution in [-0.4, -0.2) is 29.2 Å². The summed E-state index contributed by atoms with van der Waals surface area (Å²) in [6.45, 7) is -0.509. The number of nitriles is 1. The Bertz CT molecular complexity index is 782. The summed E-state index contributed by atoms with van der Waals surface area (Å²) in [6.07, 6.45) is 7.64. The molecule has 4 fully saturated rings. The van der Waals surface area contributed by atoms with E-state index in [1.807, 2.05) is 12.1 Å². The number of carboxylic acid groups (broad SMARTS) is 1. The van der Waals surface area contributed by atoms with Crippen molar-refractivity contribution in [3.05, 3.63) is 23.4 Å². The molecule has 1 N–H and O–H groups in total. The van der Waals surface area contributed by atoms with E-state index in [-0.39, 0.29) is 11.2 Å². The monoisotopic (exact) mass is 384 g/mol. The predicted molar refractivity (Wildman–Crippen MR) is 97.5 cm³/mol. The van der Waals surface area contributed by atoms with E-state index in [4.69, 9.17) is 4.98 Å². The number of carbonyl (C=O) groups is 2. The number of pyridine rings is 1. The van der Waals surface area contributed by atoms with Crippen molar-refractivity contribution in [3.8, 4) is 6.07 Å². The number of aromatic nitrogens is 1. The quantitative estimate of drug-likeness (QED) is 0.743. The van der Waals surface area contributed by atoms with Crippen molar-refractivity contribution < 1.29 is 14.7 Å². The summed E-state index contributed by atoms with van der Waals surface area (Å²) in [6, 6.07) is 5.98. The Morgan fingerprint density at radius 1 is 1.22 bits per heavy atom. The van der Waals surface area contributed by atoms with Gasteiger partial charge in [0.2, 0.25) is 5.91 Å². The third-order valence-electron chi connectivity index (χ3n) is 6.33. The molecule has 6 nitrogen and oxygen atoms in total. The Balaban J connectivity index is 1.52. The van der Waals surface area contributed by atoms with Crippen LogP contribution in [0.25, 0.3) is 0 Å². The number of amides is 1. The second kappa shape index (κ2) is 7.16. The van der Waals surface area contributed by atoms with E-state index < -0.39 is 18.4 Å². The van der Waals surface area contributed by atoms with E-state index in [1.54, 1.807) is 0 Å². The summed E-state index contributed by atoms with van der Waals surface area (Å²) in [7, 11) is 0. The number of carboxylic acids is 1. The number of rotatable bonds is 6. The van der Waals surface area contributed by atoms with E-state index in [0.717, 1.165) is 23.4 Å². The molecule has 0 radical (unpaired) electrons. The third kappa shape index (κ3) is 3.68. The number of hydrogen-bond acceptors (Lipinski definition) is 6. The van der Waals surface area contributed by atoms with Crippen LogP contribution in [0.15, 0.2) is 17.2 Å². The van der Waals surface area contributed by atoms with Crippen molar-refractivity contribution in [1.29, 1.82) is 5.26 Å². The third-order valence-corrected chi connectivity index (χ3v) is 7.32. The van der Waals surface area contributed by atoms with Crippen LogP contribution in [0.3, 0.4) is 0 Å². The number of carbonyl (C=O) groups excluding carboxylic acids is 2. The van der Waals surface area contributed by atoms with Crippen LogP contribution in [0.5, 0.6) is 0 Å². The van der Waals surface area contributed by atoms with Crippen LogP contribution in [0.4, 0.5) is 0 Å². The van der Waals surface area contributed by atoms with Crippen LogP contribution >= 0.6 is 11.8 Å². The molecule has 1 aromatic heterocycles. The first kappa shape index (κ1) is 18.3. The largest absolute Gasteiger partial charge is 0.548 e. The van der Waals surface area contributed by atoms with Crippen LogP contribution in [0.2, 0.25) is 0 Å². The van der Waals surface area contributed by atoms with Gasteiger partial charge in [-0.05, 0) is 68.4 Å². The fraction of sp³-hybridized carbons (Fsp3) is 0.600. The zero-order valence-corrected chi connectivity index (χ0v) is 15.9. The summed E-state index contributed by atoms with van der Waals surface area (Å²) in [5, 5.41) is 22.7. The number of nitrogens with zero attached hydrogens (tertiary/aromatic N) is 2. The Labute approximate surface area is 162 Å². The van der Waals surface area contributed by atoms with E-state index in [1.165, 1.54) is 50.3 Å². The molecule has 1 heterocycles. The highest BCUT2D eigenvalue weighted by Crippen LogP contribution is 2.60. The molecule has 0 aliphatic heterocycles.